The van der Waals surface area contributed by atoms with Crippen molar-refractivity contribution in [1.82, 2.24) is 4.90 Å². The van der Waals surface area contributed by atoms with Gasteiger partial charge in [-0.2, -0.15) is 0 Å². The van der Waals surface area contributed by atoms with Crippen LogP contribution in [-0.4, -0.2) is 31.1 Å². The highest BCUT2D eigenvalue weighted by atomic mass is 16.5. The topological polar surface area (TPSA) is 38.5 Å². The number of aryl methyl sites for hydroxylation is 1. The first-order valence-electron chi connectivity index (χ1n) is 8.41. The molecule has 1 aromatic rings. The fourth-order valence-electron chi connectivity index (χ4n) is 5.12. The summed E-state index contributed by atoms with van der Waals surface area (Å²) in [5.41, 5.74) is 9.36. The van der Waals surface area contributed by atoms with E-state index in [9.17, 15) is 0 Å². The van der Waals surface area contributed by atoms with E-state index in [1.54, 1.807) is 7.11 Å². The Morgan fingerprint density at radius 2 is 2.29 bits per heavy atom. The Balaban J connectivity index is 1.79. The number of methoxy groups -OCH3 is 1. The molecule has 0 spiro atoms. The van der Waals surface area contributed by atoms with E-state index in [1.807, 2.05) is 0 Å². The lowest BCUT2D eigenvalue weighted by Crippen LogP contribution is -2.55. The summed E-state index contributed by atoms with van der Waals surface area (Å²) >= 11 is 0. The molecule has 21 heavy (non-hydrogen) atoms. The lowest BCUT2D eigenvalue weighted by atomic mass is 9.74. The summed E-state index contributed by atoms with van der Waals surface area (Å²) in [5, 5.41) is 0. The van der Waals surface area contributed by atoms with Crippen LogP contribution in [0.4, 0.5) is 0 Å². The second-order valence-electron chi connectivity index (χ2n) is 7.10. The molecule has 2 fully saturated rings. The third kappa shape index (κ3) is 1.94. The maximum Gasteiger partial charge on any atom is 0.119 e. The van der Waals surface area contributed by atoms with Crippen LogP contribution in [0.1, 0.15) is 43.2 Å². The van der Waals surface area contributed by atoms with E-state index in [-0.39, 0.29) is 5.54 Å². The number of nitrogens with two attached hydrogens (primary N) is 1. The Kier molecular flexibility index (Phi) is 3.23. The van der Waals surface area contributed by atoms with E-state index >= 15 is 0 Å². The lowest BCUT2D eigenvalue weighted by Gasteiger charge is -2.49. The van der Waals surface area contributed by atoms with Crippen molar-refractivity contribution in [2.75, 3.05) is 20.2 Å². The van der Waals surface area contributed by atoms with Crippen LogP contribution in [0.25, 0.3) is 0 Å². The fraction of sp³-hybridized carbons (Fsp3) is 0.667. The van der Waals surface area contributed by atoms with Crippen molar-refractivity contribution in [2.45, 2.75) is 50.1 Å². The number of rotatable bonds is 3. The second kappa shape index (κ2) is 4.99. The monoisotopic (exact) mass is 286 g/mol. The highest BCUT2D eigenvalue weighted by molar-refractivity contribution is 5.43. The van der Waals surface area contributed by atoms with Crippen LogP contribution < -0.4 is 10.5 Å². The molecule has 3 nitrogen and oxygen atoms in total. The summed E-state index contributed by atoms with van der Waals surface area (Å²) in [6.07, 6.45) is 7.82. The number of piperidine rings is 1. The van der Waals surface area contributed by atoms with Gasteiger partial charge < -0.3 is 10.5 Å². The zero-order valence-electron chi connectivity index (χ0n) is 13.0. The quantitative estimate of drug-likeness (QED) is 0.928. The van der Waals surface area contributed by atoms with E-state index in [2.05, 4.69) is 23.1 Å². The van der Waals surface area contributed by atoms with Gasteiger partial charge in [-0.25, -0.2) is 0 Å². The van der Waals surface area contributed by atoms with E-state index in [4.69, 9.17) is 10.5 Å². The summed E-state index contributed by atoms with van der Waals surface area (Å²) in [6.45, 7) is 1.98. The predicted molar refractivity (Wildman–Crippen MR) is 84.5 cm³/mol. The molecule has 1 saturated heterocycles. The smallest absolute Gasteiger partial charge is 0.119 e. The molecule has 2 bridgehead atoms. The van der Waals surface area contributed by atoms with Crippen molar-refractivity contribution >= 4 is 0 Å². The van der Waals surface area contributed by atoms with Crippen LogP contribution in [-0.2, 0) is 12.0 Å². The molecule has 3 aliphatic rings. The average molecular weight is 286 g/mol. The Morgan fingerprint density at radius 3 is 2.95 bits per heavy atom. The molecule has 1 heterocycles. The Morgan fingerprint density at radius 1 is 1.38 bits per heavy atom. The van der Waals surface area contributed by atoms with E-state index in [0.717, 1.165) is 24.3 Å². The molecule has 3 atom stereocenters. The van der Waals surface area contributed by atoms with Gasteiger partial charge in [0.05, 0.1) is 12.6 Å². The molecule has 0 amide bonds. The van der Waals surface area contributed by atoms with Crippen LogP contribution in [0.2, 0.25) is 0 Å². The maximum atomic E-state index is 6.37. The van der Waals surface area contributed by atoms with Crippen LogP contribution in [0.15, 0.2) is 18.2 Å². The minimum atomic E-state index is 0.0575. The van der Waals surface area contributed by atoms with Gasteiger partial charge in [-0.05, 0) is 67.7 Å². The molecule has 4 rings (SSSR count). The zero-order chi connectivity index (χ0) is 14.4. The van der Waals surface area contributed by atoms with E-state index in [0.29, 0.717) is 0 Å². The molecular formula is C18H26N2O. The van der Waals surface area contributed by atoms with Gasteiger partial charge in [0, 0.05) is 19.1 Å². The van der Waals surface area contributed by atoms with E-state index < -0.39 is 0 Å². The number of hydrogen-bond donors (Lipinski definition) is 1. The molecule has 0 aromatic heterocycles. The highest BCUT2D eigenvalue weighted by Crippen LogP contribution is 2.49. The fourth-order valence-corrected chi connectivity index (χ4v) is 5.12. The van der Waals surface area contributed by atoms with E-state index in [1.165, 1.54) is 56.2 Å². The average Bonchev–Trinajstić information content (AvgIpc) is 3.17. The number of ether oxygens (including phenoxy) is 1. The summed E-state index contributed by atoms with van der Waals surface area (Å²) in [6, 6.07) is 7.37. The third-order valence-corrected chi connectivity index (χ3v) is 6.15. The number of likely N-dealkylation sites (tertiary alicyclic amines) is 1. The highest BCUT2D eigenvalue weighted by Gasteiger charge is 2.50. The normalized spacial score (nSPS) is 35.0. The van der Waals surface area contributed by atoms with Crippen LogP contribution in [0, 0.1) is 5.92 Å². The van der Waals surface area contributed by atoms with Crippen LogP contribution in [0.3, 0.4) is 0 Å². The third-order valence-electron chi connectivity index (χ3n) is 6.15. The minimum absolute atomic E-state index is 0.0575. The first-order chi connectivity index (χ1) is 10.3. The molecule has 114 valence electrons. The van der Waals surface area contributed by atoms with Crippen molar-refractivity contribution in [2.24, 2.45) is 11.7 Å². The first-order valence-corrected chi connectivity index (χ1v) is 8.41. The lowest BCUT2D eigenvalue weighted by molar-refractivity contribution is 0.0429. The van der Waals surface area contributed by atoms with Crippen LogP contribution >= 0.6 is 0 Å². The molecule has 2 N–H and O–H groups in total. The van der Waals surface area contributed by atoms with Gasteiger partial charge in [0.15, 0.2) is 0 Å². The summed E-state index contributed by atoms with van der Waals surface area (Å²) in [4.78, 5) is 2.76. The van der Waals surface area contributed by atoms with Gasteiger partial charge in [-0.15, -0.1) is 0 Å². The molecule has 3 heteroatoms. The maximum absolute atomic E-state index is 6.37. The number of hydrogen-bond acceptors (Lipinski definition) is 3. The summed E-state index contributed by atoms with van der Waals surface area (Å²) < 4.78 is 5.48. The second-order valence-corrected chi connectivity index (χ2v) is 7.10. The van der Waals surface area contributed by atoms with Crippen LogP contribution in [0.5, 0.6) is 5.75 Å². The Bertz CT molecular complexity index is 544. The number of fused-ring (bicyclic) bond motifs is 3. The van der Waals surface area contributed by atoms with Gasteiger partial charge in [0.1, 0.15) is 5.75 Å². The number of benzene rings is 1. The Labute approximate surface area is 127 Å². The first kappa shape index (κ1) is 13.6. The Hall–Kier alpha value is -1.06. The molecule has 0 radical (unpaired) electrons. The largest absolute Gasteiger partial charge is 0.497 e. The zero-order valence-corrected chi connectivity index (χ0v) is 13.0. The molecular weight excluding hydrogens is 260 g/mol. The minimum Gasteiger partial charge on any atom is -0.497 e. The van der Waals surface area contributed by atoms with Crippen molar-refractivity contribution in [3.63, 3.8) is 0 Å². The van der Waals surface area contributed by atoms with Crippen molar-refractivity contribution < 1.29 is 4.74 Å². The molecule has 2 aliphatic carbocycles. The molecule has 1 aromatic carbocycles. The molecule has 1 aliphatic heterocycles. The molecule has 3 unspecified atom stereocenters. The summed E-state index contributed by atoms with van der Waals surface area (Å²) in [5.74, 6) is 1.88. The predicted octanol–water partition coefficient (Wildman–Crippen LogP) is 2.67. The molecule has 1 saturated carbocycles. The standard InChI is InChI=1S/C18H26N2O/c1-21-16-7-5-14-3-2-8-18(12-19,17(14)10-16)20-11-13-4-6-15(20)9-13/h5,7,10,13,15H,2-4,6,8-9,11-12,19H2,1H3. The van der Waals surface area contributed by atoms with Crippen molar-refractivity contribution in [1.29, 1.82) is 0 Å². The summed E-state index contributed by atoms with van der Waals surface area (Å²) in [7, 11) is 1.76. The van der Waals surface area contributed by atoms with Gasteiger partial charge >= 0.3 is 0 Å². The van der Waals surface area contributed by atoms with Gasteiger partial charge in [0.2, 0.25) is 0 Å². The van der Waals surface area contributed by atoms with Gasteiger partial charge in [0.25, 0.3) is 0 Å². The van der Waals surface area contributed by atoms with Gasteiger partial charge in [-0.3, -0.25) is 4.90 Å². The SMILES string of the molecule is COc1ccc2c(c1)C(CN)(N1CC3CCC1C3)CCC2. The van der Waals surface area contributed by atoms with Gasteiger partial charge in [-0.1, -0.05) is 6.07 Å². The van der Waals surface area contributed by atoms with Crippen molar-refractivity contribution in [3.8, 4) is 5.75 Å². The van der Waals surface area contributed by atoms with Crippen molar-refractivity contribution in [3.05, 3.63) is 29.3 Å². The number of nitrogens with zero attached hydrogens (tertiary/aromatic N) is 1.